The van der Waals surface area contributed by atoms with E-state index in [-0.39, 0.29) is 12.0 Å². The summed E-state index contributed by atoms with van der Waals surface area (Å²) in [5.41, 5.74) is 5.36. The van der Waals surface area contributed by atoms with Crippen molar-refractivity contribution in [1.29, 1.82) is 0 Å². The van der Waals surface area contributed by atoms with Gasteiger partial charge in [-0.15, -0.1) is 0 Å². The molecule has 15 heavy (non-hydrogen) atoms. The van der Waals surface area contributed by atoms with E-state index in [9.17, 15) is 4.79 Å². The molecule has 0 spiro atoms. The molecule has 4 nitrogen and oxygen atoms in total. The first-order valence-corrected chi connectivity index (χ1v) is 5.64. The summed E-state index contributed by atoms with van der Waals surface area (Å²) < 4.78 is 5.44. The molecule has 0 aromatic carbocycles. The van der Waals surface area contributed by atoms with Crippen LogP contribution in [0.1, 0.15) is 25.7 Å². The Hall–Kier alpha value is -0.680. The molecular formula is C10H18N2O2S. The third kappa shape index (κ3) is 4.57. The molecule has 1 rings (SSSR count). The Kier molecular flexibility index (Phi) is 4.98. The summed E-state index contributed by atoms with van der Waals surface area (Å²) in [4.78, 5) is 13.5. The quantitative estimate of drug-likeness (QED) is 0.706. The van der Waals surface area contributed by atoms with Crippen LogP contribution in [-0.4, -0.2) is 42.1 Å². The van der Waals surface area contributed by atoms with Gasteiger partial charge in [0.05, 0.1) is 17.6 Å². The van der Waals surface area contributed by atoms with Crippen molar-refractivity contribution in [3.05, 3.63) is 0 Å². The van der Waals surface area contributed by atoms with E-state index in [4.69, 9.17) is 22.7 Å². The third-order valence-electron chi connectivity index (χ3n) is 2.52. The molecule has 86 valence electrons. The molecule has 1 saturated heterocycles. The maximum absolute atomic E-state index is 11.6. The van der Waals surface area contributed by atoms with E-state index >= 15 is 0 Å². The molecule has 0 aromatic rings. The summed E-state index contributed by atoms with van der Waals surface area (Å²) in [5.74, 6) is 0.0818. The molecule has 5 heteroatoms. The highest BCUT2D eigenvalue weighted by Crippen LogP contribution is 2.17. The lowest BCUT2D eigenvalue weighted by Crippen LogP contribution is -2.34. The molecule has 1 atom stereocenters. The Morgan fingerprint density at radius 2 is 2.40 bits per heavy atom. The molecule has 1 unspecified atom stereocenters. The Morgan fingerprint density at radius 3 is 2.93 bits per heavy atom. The van der Waals surface area contributed by atoms with Gasteiger partial charge in [0.2, 0.25) is 5.91 Å². The third-order valence-corrected chi connectivity index (χ3v) is 2.65. The second kappa shape index (κ2) is 6.02. The summed E-state index contributed by atoms with van der Waals surface area (Å²) in [5, 5.41) is 0. The molecule has 1 aliphatic heterocycles. The van der Waals surface area contributed by atoms with Gasteiger partial charge in [-0.3, -0.25) is 4.79 Å². The van der Waals surface area contributed by atoms with Crippen LogP contribution in [0, 0.1) is 0 Å². The average Bonchev–Trinajstić information content (AvgIpc) is 2.65. The second-order valence-corrected chi connectivity index (χ2v) is 4.41. The van der Waals surface area contributed by atoms with Gasteiger partial charge in [-0.05, 0) is 19.3 Å². The zero-order valence-corrected chi connectivity index (χ0v) is 9.89. The molecule has 0 bridgehead atoms. The van der Waals surface area contributed by atoms with E-state index < -0.39 is 0 Å². The van der Waals surface area contributed by atoms with Gasteiger partial charge in [-0.1, -0.05) is 12.2 Å². The Balaban J connectivity index is 2.19. The predicted octanol–water partition coefficient (Wildman–Crippen LogP) is 0.690. The molecule has 1 heterocycles. The van der Waals surface area contributed by atoms with Crippen molar-refractivity contribution in [3.63, 3.8) is 0 Å². The minimum Gasteiger partial charge on any atom is -0.392 e. The van der Waals surface area contributed by atoms with Gasteiger partial charge < -0.3 is 15.4 Å². The van der Waals surface area contributed by atoms with Crippen molar-refractivity contribution in [1.82, 2.24) is 4.90 Å². The average molecular weight is 230 g/mol. The second-order valence-electron chi connectivity index (χ2n) is 3.89. The van der Waals surface area contributed by atoms with Crippen molar-refractivity contribution >= 4 is 23.1 Å². The SMILES string of the molecule is CN(CC(N)=S)C(=O)CCC1CCCO1. The molecule has 0 aromatic heterocycles. The highest BCUT2D eigenvalue weighted by Gasteiger charge is 2.18. The number of thiocarbonyl (C=S) groups is 1. The van der Waals surface area contributed by atoms with Crippen molar-refractivity contribution in [2.45, 2.75) is 31.8 Å². The van der Waals surface area contributed by atoms with Crippen LogP contribution in [-0.2, 0) is 9.53 Å². The van der Waals surface area contributed by atoms with Crippen LogP contribution in [0.5, 0.6) is 0 Å². The highest BCUT2D eigenvalue weighted by atomic mass is 32.1. The maximum atomic E-state index is 11.6. The summed E-state index contributed by atoms with van der Waals surface area (Å²) in [7, 11) is 1.72. The van der Waals surface area contributed by atoms with Gasteiger partial charge in [0, 0.05) is 20.1 Å². The van der Waals surface area contributed by atoms with Crippen LogP contribution < -0.4 is 5.73 Å². The van der Waals surface area contributed by atoms with Crippen LogP contribution in [0.15, 0.2) is 0 Å². The molecule has 2 N–H and O–H groups in total. The minimum absolute atomic E-state index is 0.0818. The number of hydrogen-bond donors (Lipinski definition) is 1. The van der Waals surface area contributed by atoms with Gasteiger partial charge in [-0.2, -0.15) is 0 Å². The summed E-state index contributed by atoms with van der Waals surface area (Å²) in [6.45, 7) is 1.20. The lowest BCUT2D eigenvalue weighted by atomic mass is 10.1. The number of rotatable bonds is 5. The van der Waals surface area contributed by atoms with Crippen molar-refractivity contribution in [2.24, 2.45) is 5.73 Å². The zero-order valence-electron chi connectivity index (χ0n) is 9.07. The lowest BCUT2D eigenvalue weighted by Gasteiger charge is -2.17. The number of nitrogens with zero attached hydrogens (tertiary/aromatic N) is 1. The number of nitrogens with two attached hydrogens (primary N) is 1. The zero-order chi connectivity index (χ0) is 11.3. The fraction of sp³-hybridized carbons (Fsp3) is 0.800. The first-order valence-electron chi connectivity index (χ1n) is 5.23. The number of ether oxygens (including phenoxy) is 1. The summed E-state index contributed by atoms with van der Waals surface area (Å²) in [6.07, 6.45) is 3.78. The number of hydrogen-bond acceptors (Lipinski definition) is 3. The van der Waals surface area contributed by atoms with E-state index in [0.717, 1.165) is 25.9 Å². The normalized spacial score (nSPS) is 20.2. The van der Waals surface area contributed by atoms with Crippen molar-refractivity contribution in [2.75, 3.05) is 20.2 Å². The Morgan fingerprint density at radius 1 is 1.67 bits per heavy atom. The van der Waals surface area contributed by atoms with E-state index in [0.29, 0.717) is 18.0 Å². The molecule has 1 aliphatic rings. The fourth-order valence-corrected chi connectivity index (χ4v) is 1.86. The van der Waals surface area contributed by atoms with E-state index in [1.165, 1.54) is 0 Å². The fourth-order valence-electron chi connectivity index (χ4n) is 1.67. The Bertz CT molecular complexity index is 240. The van der Waals surface area contributed by atoms with Crippen LogP contribution in [0.3, 0.4) is 0 Å². The number of amides is 1. The Labute approximate surface area is 95.8 Å². The molecule has 1 amide bonds. The lowest BCUT2D eigenvalue weighted by molar-refractivity contribution is -0.129. The predicted molar refractivity (Wildman–Crippen MR) is 62.6 cm³/mol. The van der Waals surface area contributed by atoms with Crippen LogP contribution in [0.2, 0.25) is 0 Å². The van der Waals surface area contributed by atoms with Gasteiger partial charge >= 0.3 is 0 Å². The van der Waals surface area contributed by atoms with Crippen LogP contribution >= 0.6 is 12.2 Å². The number of likely N-dealkylation sites (N-methyl/N-ethyl adjacent to an activating group) is 1. The molecular weight excluding hydrogens is 212 g/mol. The summed E-state index contributed by atoms with van der Waals surface area (Å²) in [6, 6.07) is 0. The largest absolute Gasteiger partial charge is 0.392 e. The summed E-state index contributed by atoms with van der Waals surface area (Å²) >= 11 is 4.74. The van der Waals surface area contributed by atoms with Gasteiger partial charge in [0.15, 0.2) is 0 Å². The van der Waals surface area contributed by atoms with Crippen molar-refractivity contribution < 1.29 is 9.53 Å². The minimum atomic E-state index is 0.0818. The first-order chi connectivity index (χ1) is 7.09. The van der Waals surface area contributed by atoms with E-state index in [1.54, 1.807) is 11.9 Å². The topological polar surface area (TPSA) is 55.6 Å². The number of carbonyl (C=O) groups is 1. The molecule has 1 fully saturated rings. The molecule has 0 saturated carbocycles. The number of carbonyl (C=O) groups excluding carboxylic acids is 1. The van der Waals surface area contributed by atoms with Gasteiger partial charge in [-0.25, -0.2) is 0 Å². The molecule has 0 radical (unpaired) electrons. The molecule has 0 aliphatic carbocycles. The maximum Gasteiger partial charge on any atom is 0.222 e. The monoisotopic (exact) mass is 230 g/mol. The standard InChI is InChI=1S/C10H18N2O2S/c1-12(7-9(11)15)10(13)5-4-8-3-2-6-14-8/h8H,2-7H2,1H3,(H2,11,15). The van der Waals surface area contributed by atoms with Gasteiger partial charge in [0.25, 0.3) is 0 Å². The van der Waals surface area contributed by atoms with Crippen LogP contribution in [0.25, 0.3) is 0 Å². The first kappa shape index (κ1) is 12.4. The van der Waals surface area contributed by atoms with Crippen LogP contribution in [0.4, 0.5) is 0 Å². The van der Waals surface area contributed by atoms with E-state index in [1.807, 2.05) is 0 Å². The van der Waals surface area contributed by atoms with Crippen molar-refractivity contribution in [3.8, 4) is 0 Å². The smallest absolute Gasteiger partial charge is 0.222 e. The van der Waals surface area contributed by atoms with Gasteiger partial charge in [0.1, 0.15) is 0 Å². The van der Waals surface area contributed by atoms with E-state index in [2.05, 4.69) is 0 Å². The highest BCUT2D eigenvalue weighted by molar-refractivity contribution is 7.80.